The standard InChI is InChI=1S/C12H24N2O3/c1-9(8-16-3)6-12(15)14-4-5-17-11(7-14)10(2)13/h9-11H,4-8,13H2,1-3H3. The largest absolute Gasteiger partial charge is 0.384 e. The minimum atomic E-state index is -0.0398. The molecule has 0 aromatic rings. The lowest BCUT2D eigenvalue weighted by Crippen LogP contribution is -2.51. The van der Waals surface area contributed by atoms with Gasteiger partial charge in [-0.3, -0.25) is 4.79 Å². The molecule has 5 nitrogen and oxygen atoms in total. The van der Waals surface area contributed by atoms with Gasteiger partial charge in [0.05, 0.1) is 12.7 Å². The van der Waals surface area contributed by atoms with Crippen LogP contribution in [0.3, 0.4) is 0 Å². The molecule has 1 rings (SSSR count). The summed E-state index contributed by atoms with van der Waals surface area (Å²) in [5, 5.41) is 0. The predicted octanol–water partition coefficient (Wildman–Crippen LogP) is 0.234. The highest BCUT2D eigenvalue weighted by Crippen LogP contribution is 2.12. The summed E-state index contributed by atoms with van der Waals surface area (Å²) in [4.78, 5) is 13.9. The number of methoxy groups -OCH3 is 1. The normalized spacial score (nSPS) is 24.5. The fourth-order valence-corrected chi connectivity index (χ4v) is 1.99. The molecular weight excluding hydrogens is 220 g/mol. The lowest BCUT2D eigenvalue weighted by molar-refractivity contribution is -0.140. The molecule has 0 radical (unpaired) electrons. The number of nitrogens with zero attached hydrogens (tertiary/aromatic N) is 1. The summed E-state index contributed by atoms with van der Waals surface area (Å²) in [5.41, 5.74) is 5.80. The van der Waals surface area contributed by atoms with Gasteiger partial charge in [-0.15, -0.1) is 0 Å². The van der Waals surface area contributed by atoms with E-state index < -0.39 is 0 Å². The predicted molar refractivity (Wildman–Crippen MR) is 65.6 cm³/mol. The Morgan fingerprint density at radius 1 is 1.59 bits per heavy atom. The Bertz CT molecular complexity index is 246. The zero-order chi connectivity index (χ0) is 12.8. The first-order valence-electron chi connectivity index (χ1n) is 6.18. The van der Waals surface area contributed by atoms with Gasteiger partial charge in [-0.25, -0.2) is 0 Å². The number of amides is 1. The van der Waals surface area contributed by atoms with Crippen LogP contribution in [-0.2, 0) is 14.3 Å². The van der Waals surface area contributed by atoms with E-state index in [0.717, 1.165) is 0 Å². The van der Waals surface area contributed by atoms with Crippen molar-refractivity contribution in [2.45, 2.75) is 32.4 Å². The first-order chi connectivity index (χ1) is 8.04. The molecule has 0 bridgehead atoms. The molecule has 1 saturated heterocycles. The maximum absolute atomic E-state index is 12.0. The smallest absolute Gasteiger partial charge is 0.223 e. The van der Waals surface area contributed by atoms with Crippen molar-refractivity contribution in [1.29, 1.82) is 0 Å². The molecule has 1 aliphatic rings. The molecule has 1 amide bonds. The quantitative estimate of drug-likeness (QED) is 0.752. The molecule has 1 aliphatic heterocycles. The maximum Gasteiger partial charge on any atom is 0.223 e. The van der Waals surface area contributed by atoms with E-state index in [1.807, 2.05) is 18.7 Å². The number of rotatable bonds is 5. The van der Waals surface area contributed by atoms with Crippen molar-refractivity contribution in [3.05, 3.63) is 0 Å². The summed E-state index contributed by atoms with van der Waals surface area (Å²) < 4.78 is 10.6. The third-order valence-electron chi connectivity index (χ3n) is 3.01. The van der Waals surface area contributed by atoms with Crippen molar-refractivity contribution in [2.75, 3.05) is 33.4 Å². The molecule has 17 heavy (non-hydrogen) atoms. The molecule has 0 aliphatic carbocycles. The minimum absolute atomic E-state index is 0.0366. The first kappa shape index (κ1) is 14.4. The van der Waals surface area contributed by atoms with Crippen molar-refractivity contribution in [3.63, 3.8) is 0 Å². The van der Waals surface area contributed by atoms with Crippen LogP contribution in [0.15, 0.2) is 0 Å². The SMILES string of the molecule is COCC(C)CC(=O)N1CCOC(C(C)N)C1. The van der Waals surface area contributed by atoms with E-state index in [1.54, 1.807) is 7.11 Å². The number of carbonyl (C=O) groups excluding carboxylic acids is 1. The molecule has 0 saturated carbocycles. The van der Waals surface area contributed by atoms with Gasteiger partial charge in [0.2, 0.25) is 5.91 Å². The van der Waals surface area contributed by atoms with Crippen molar-refractivity contribution in [3.8, 4) is 0 Å². The van der Waals surface area contributed by atoms with Crippen molar-refractivity contribution in [1.82, 2.24) is 4.90 Å². The number of morpholine rings is 1. The highest BCUT2D eigenvalue weighted by molar-refractivity contribution is 5.76. The van der Waals surface area contributed by atoms with Gasteiger partial charge in [-0.05, 0) is 12.8 Å². The van der Waals surface area contributed by atoms with Gasteiger partial charge in [0.1, 0.15) is 0 Å². The lowest BCUT2D eigenvalue weighted by atomic mass is 10.1. The second-order valence-corrected chi connectivity index (χ2v) is 4.87. The van der Waals surface area contributed by atoms with E-state index in [2.05, 4.69) is 0 Å². The average molecular weight is 244 g/mol. The molecular formula is C12H24N2O3. The van der Waals surface area contributed by atoms with Gasteiger partial charge in [-0.1, -0.05) is 6.92 Å². The van der Waals surface area contributed by atoms with Gasteiger partial charge in [-0.2, -0.15) is 0 Å². The second-order valence-electron chi connectivity index (χ2n) is 4.87. The number of ether oxygens (including phenoxy) is 2. The summed E-state index contributed by atoms with van der Waals surface area (Å²) in [6.07, 6.45) is 0.491. The zero-order valence-electron chi connectivity index (χ0n) is 11.0. The minimum Gasteiger partial charge on any atom is -0.384 e. The van der Waals surface area contributed by atoms with Gasteiger partial charge < -0.3 is 20.1 Å². The fourth-order valence-electron chi connectivity index (χ4n) is 1.99. The van der Waals surface area contributed by atoms with Gasteiger partial charge in [0.15, 0.2) is 0 Å². The Labute approximate surface area is 103 Å². The molecule has 3 atom stereocenters. The Kier molecular flexibility index (Phi) is 5.88. The summed E-state index contributed by atoms with van der Waals surface area (Å²) in [6.45, 7) is 6.40. The van der Waals surface area contributed by atoms with Gasteiger partial charge in [0.25, 0.3) is 0 Å². The highest BCUT2D eigenvalue weighted by atomic mass is 16.5. The molecule has 5 heteroatoms. The fraction of sp³-hybridized carbons (Fsp3) is 0.917. The summed E-state index contributed by atoms with van der Waals surface area (Å²) >= 11 is 0. The van der Waals surface area contributed by atoms with Crippen molar-refractivity contribution >= 4 is 5.91 Å². The molecule has 0 aromatic heterocycles. The Morgan fingerprint density at radius 2 is 2.29 bits per heavy atom. The number of carbonyl (C=O) groups is 1. The third-order valence-corrected chi connectivity index (χ3v) is 3.01. The van der Waals surface area contributed by atoms with E-state index in [0.29, 0.717) is 32.7 Å². The average Bonchev–Trinajstić information content (AvgIpc) is 2.29. The number of hydrogen-bond donors (Lipinski definition) is 1. The molecule has 0 aromatic carbocycles. The van der Waals surface area contributed by atoms with Crippen LogP contribution in [-0.4, -0.2) is 56.4 Å². The Balaban J connectivity index is 2.40. The van der Waals surface area contributed by atoms with Gasteiger partial charge in [0, 0.05) is 39.3 Å². The Hall–Kier alpha value is -0.650. The number of hydrogen-bond acceptors (Lipinski definition) is 4. The van der Waals surface area contributed by atoms with E-state index in [4.69, 9.17) is 15.2 Å². The first-order valence-corrected chi connectivity index (χ1v) is 6.18. The number of nitrogens with two attached hydrogens (primary N) is 1. The van der Waals surface area contributed by atoms with Crippen LogP contribution < -0.4 is 5.73 Å². The Morgan fingerprint density at radius 3 is 2.88 bits per heavy atom. The van der Waals surface area contributed by atoms with Crippen LogP contribution in [0.5, 0.6) is 0 Å². The van der Waals surface area contributed by atoms with E-state index >= 15 is 0 Å². The third kappa shape index (κ3) is 4.61. The highest BCUT2D eigenvalue weighted by Gasteiger charge is 2.26. The monoisotopic (exact) mass is 244 g/mol. The van der Waals surface area contributed by atoms with Crippen LogP contribution in [0, 0.1) is 5.92 Å². The topological polar surface area (TPSA) is 64.8 Å². The second kappa shape index (κ2) is 6.93. The van der Waals surface area contributed by atoms with E-state index in [1.165, 1.54) is 0 Å². The van der Waals surface area contributed by atoms with E-state index in [9.17, 15) is 4.79 Å². The van der Waals surface area contributed by atoms with E-state index in [-0.39, 0.29) is 24.0 Å². The van der Waals surface area contributed by atoms with Crippen LogP contribution in [0.25, 0.3) is 0 Å². The molecule has 0 spiro atoms. The summed E-state index contributed by atoms with van der Waals surface area (Å²) in [6, 6.07) is -0.0398. The van der Waals surface area contributed by atoms with Gasteiger partial charge >= 0.3 is 0 Å². The zero-order valence-corrected chi connectivity index (χ0v) is 11.0. The molecule has 1 heterocycles. The summed E-state index contributed by atoms with van der Waals surface area (Å²) in [7, 11) is 1.65. The van der Waals surface area contributed by atoms with Crippen LogP contribution >= 0.6 is 0 Å². The molecule has 2 N–H and O–H groups in total. The van der Waals surface area contributed by atoms with Crippen molar-refractivity contribution < 1.29 is 14.3 Å². The lowest BCUT2D eigenvalue weighted by Gasteiger charge is -2.35. The van der Waals surface area contributed by atoms with Crippen LogP contribution in [0.4, 0.5) is 0 Å². The summed E-state index contributed by atoms with van der Waals surface area (Å²) in [5.74, 6) is 0.424. The molecule has 100 valence electrons. The van der Waals surface area contributed by atoms with Crippen LogP contribution in [0.1, 0.15) is 20.3 Å². The molecule has 3 unspecified atom stereocenters. The maximum atomic E-state index is 12.0. The van der Waals surface area contributed by atoms with Crippen molar-refractivity contribution in [2.24, 2.45) is 11.7 Å². The molecule has 1 fully saturated rings. The van der Waals surface area contributed by atoms with Crippen LogP contribution in [0.2, 0.25) is 0 Å².